The van der Waals surface area contributed by atoms with Crippen molar-refractivity contribution in [3.63, 3.8) is 0 Å². The molecule has 4 rings (SSSR count). The molecule has 0 atom stereocenters. The van der Waals surface area contributed by atoms with Gasteiger partial charge in [0.1, 0.15) is 17.8 Å². The van der Waals surface area contributed by atoms with Gasteiger partial charge in [-0.1, -0.05) is 0 Å². The molecule has 1 amide bonds. The van der Waals surface area contributed by atoms with Crippen LogP contribution in [0.3, 0.4) is 0 Å². The summed E-state index contributed by atoms with van der Waals surface area (Å²) in [5.41, 5.74) is 6.01. The molecule has 2 aromatic heterocycles. The summed E-state index contributed by atoms with van der Waals surface area (Å²) in [6.07, 6.45) is 1.12. The topological polar surface area (TPSA) is 178 Å². The Bertz CT molecular complexity index is 1380. The third-order valence-electron chi connectivity index (χ3n) is 5.72. The molecule has 1 fully saturated rings. The Morgan fingerprint density at radius 2 is 1.92 bits per heavy atom. The SMILES string of the molecule is CC(C)OC(=O)C1(C)COC(C(N)=O)(c2nc(-c3ccc(F)cc3)c(-c3ccnc(NCC#N)n3)[nH]2)OC1. The van der Waals surface area contributed by atoms with Gasteiger partial charge in [0, 0.05) is 11.8 Å². The first-order chi connectivity index (χ1) is 18.1. The highest BCUT2D eigenvalue weighted by atomic mass is 19.1. The van der Waals surface area contributed by atoms with Gasteiger partial charge >= 0.3 is 11.8 Å². The van der Waals surface area contributed by atoms with Crippen LogP contribution < -0.4 is 11.1 Å². The molecule has 13 heteroatoms. The number of amides is 1. The van der Waals surface area contributed by atoms with E-state index in [0.29, 0.717) is 22.6 Å². The Labute approximate surface area is 217 Å². The van der Waals surface area contributed by atoms with Crippen molar-refractivity contribution in [3.05, 3.63) is 48.2 Å². The summed E-state index contributed by atoms with van der Waals surface area (Å²) in [7, 11) is 0. The number of carbonyl (C=O) groups is 2. The number of primary amides is 1. The summed E-state index contributed by atoms with van der Waals surface area (Å²) in [5, 5.41) is 11.6. The van der Waals surface area contributed by atoms with Gasteiger partial charge in [0.05, 0.1) is 42.5 Å². The summed E-state index contributed by atoms with van der Waals surface area (Å²) >= 11 is 0. The van der Waals surface area contributed by atoms with Crippen molar-refractivity contribution in [2.75, 3.05) is 25.1 Å². The first-order valence-corrected chi connectivity index (χ1v) is 11.7. The standard InChI is InChI=1S/C25H26FN7O5/c1-14(2)38-22(35)24(3)12-36-25(20(28)34,37-13-24)21-32-18(15-4-6-16(26)7-5-15)19(33-21)17-8-10-29-23(31-17)30-11-9-27/h4-8,10,14H,11-13H2,1-3H3,(H2,28,34)(H,32,33)(H,29,30,31). The number of carbonyl (C=O) groups excluding carboxylic acids is 2. The van der Waals surface area contributed by atoms with Crippen molar-refractivity contribution >= 4 is 17.8 Å². The molecule has 0 aliphatic carbocycles. The number of hydrogen-bond donors (Lipinski definition) is 3. The van der Waals surface area contributed by atoms with E-state index in [4.69, 9.17) is 25.2 Å². The zero-order chi connectivity index (χ0) is 27.5. The molecule has 1 saturated heterocycles. The first kappa shape index (κ1) is 26.6. The number of aromatic nitrogens is 4. The molecular formula is C25H26FN7O5. The Morgan fingerprint density at radius 3 is 2.53 bits per heavy atom. The first-order valence-electron chi connectivity index (χ1n) is 11.7. The summed E-state index contributed by atoms with van der Waals surface area (Å²) in [4.78, 5) is 41.4. The lowest BCUT2D eigenvalue weighted by Gasteiger charge is -2.40. The number of aromatic amines is 1. The minimum absolute atomic E-state index is 0.0209. The molecule has 3 heterocycles. The second-order valence-corrected chi connectivity index (χ2v) is 9.17. The third-order valence-corrected chi connectivity index (χ3v) is 5.72. The second-order valence-electron chi connectivity index (χ2n) is 9.17. The molecule has 1 aromatic carbocycles. The lowest BCUT2D eigenvalue weighted by Crippen LogP contribution is -2.56. The number of esters is 1. The van der Waals surface area contributed by atoms with E-state index in [0.717, 1.165) is 0 Å². The monoisotopic (exact) mass is 523 g/mol. The average molecular weight is 524 g/mol. The predicted octanol–water partition coefficient (Wildman–Crippen LogP) is 2.25. The zero-order valence-corrected chi connectivity index (χ0v) is 20.9. The van der Waals surface area contributed by atoms with Crippen LogP contribution in [-0.2, 0) is 29.6 Å². The number of nitrogens with one attached hydrogen (secondary N) is 2. The summed E-state index contributed by atoms with van der Waals surface area (Å²) in [5.74, 6) is -4.06. The Morgan fingerprint density at radius 1 is 1.24 bits per heavy atom. The van der Waals surface area contributed by atoms with Crippen molar-refractivity contribution < 1.29 is 28.2 Å². The number of rotatable bonds is 8. The largest absolute Gasteiger partial charge is 0.462 e. The van der Waals surface area contributed by atoms with Gasteiger partial charge in [0.2, 0.25) is 5.95 Å². The molecule has 38 heavy (non-hydrogen) atoms. The molecule has 0 unspecified atom stereocenters. The number of nitrogens with zero attached hydrogens (tertiary/aromatic N) is 4. The molecule has 0 spiro atoms. The number of H-pyrrole nitrogens is 1. The van der Waals surface area contributed by atoms with E-state index < -0.39 is 28.9 Å². The van der Waals surface area contributed by atoms with Crippen LogP contribution in [0, 0.1) is 22.6 Å². The molecule has 1 aliphatic rings. The van der Waals surface area contributed by atoms with Crippen molar-refractivity contribution in [2.24, 2.45) is 11.1 Å². The number of halogens is 1. The van der Waals surface area contributed by atoms with Gasteiger partial charge in [-0.15, -0.1) is 0 Å². The molecule has 0 bridgehead atoms. The maximum Gasteiger partial charge on any atom is 0.316 e. The van der Waals surface area contributed by atoms with E-state index in [2.05, 4.69) is 25.3 Å². The number of nitriles is 1. The smallest absolute Gasteiger partial charge is 0.316 e. The molecule has 1 aliphatic heterocycles. The molecule has 3 aromatic rings. The van der Waals surface area contributed by atoms with Crippen molar-refractivity contribution in [2.45, 2.75) is 32.7 Å². The van der Waals surface area contributed by atoms with Crippen LogP contribution >= 0.6 is 0 Å². The maximum atomic E-state index is 13.7. The van der Waals surface area contributed by atoms with E-state index in [9.17, 15) is 14.0 Å². The number of hydrogen-bond acceptors (Lipinski definition) is 10. The van der Waals surface area contributed by atoms with Gasteiger partial charge in [-0.2, -0.15) is 5.26 Å². The van der Waals surface area contributed by atoms with Gasteiger partial charge < -0.3 is 30.2 Å². The number of ether oxygens (including phenoxy) is 3. The van der Waals surface area contributed by atoms with Crippen LogP contribution in [0.1, 0.15) is 26.6 Å². The minimum atomic E-state index is -2.15. The van der Waals surface area contributed by atoms with Gasteiger partial charge in [-0.05, 0) is 51.1 Å². The summed E-state index contributed by atoms with van der Waals surface area (Å²) < 4.78 is 30.6. The van der Waals surface area contributed by atoms with Gasteiger partial charge in [-0.3, -0.25) is 9.59 Å². The number of imidazole rings is 1. The van der Waals surface area contributed by atoms with Crippen LogP contribution in [0.2, 0.25) is 0 Å². The van der Waals surface area contributed by atoms with Crippen LogP contribution in [-0.4, -0.2) is 57.7 Å². The average Bonchev–Trinajstić information content (AvgIpc) is 3.34. The zero-order valence-electron chi connectivity index (χ0n) is 20.9. The lowest BCUT2D eigenvalue weighted by molar-refractivity contribution is -0.294. The van der Waals surface area contributed by atoms with Crippen molar-refractivity contribution in [1.82, 2.24) is 19.9 Å². The Kier molecular flexibility index (Phi) is 7.38. The van der Waals surface area contributed by atoms with E-state index in [1.807, 2.05) is 6.07 Å². The number of nitrogens with two attached hydrogens (primary N) is 1. The van der Waals surface area contributed by atoms with Crippen LogP contribution in [0.4, 0.5) is 10.3 Å². The van der Waals surface area contributed by atoms with E-state index >= 15 is 0 Å². The fourth-order valence-corrected chi connectivity index (χ4v) is 3.71. The lowest BCUT2D eigenvalue weighted by atomic mass is 9.91. The Hall–Kier alpha value is -4.41. The molecule has 0 saturated carbocycles. The van der Waals surface area contributed by atoms with Gasteiger partial charge in [-0.25, -0.2) is 19.3 Å². The fraction of sp³-hybridized carbons (Fsp3) is 0.360. The Balaban J connectivity index is 1.78. The highest BCUT2D eigenvalue weighted by Gasteiger charge is 2.54. The number of anilines is 1. The van der Waals surface area contributed by atoms with Crippen LogP contribution in [0.15, 0.2) is 36.5 Å². The minimum Gasteiger partial charge on any atom is -0.462 e. The van der Waals surface area contributed by atoms with Crippen LogP contribution in [0.25, 0.3) is 22.6 Å². The van der Waals surface area contributed by atoms with Crippen molar-refractivity contribution in [3.8, 4) is 28.7 Å². The van der Waals surface area contributed by atoms with Gasteiger partial charge in [0.15, 0.2) is 5.82 Å². The van der Waals surface area contributed by atoms with E-state index in [1.54, 1.807) is 26.8 Å². The molecule has 0 radical (unpaired) electrons. The van der Waals surface area contributed by atoms with Crippen LogP contribution in [0.5, 0.6) is 0 Å². The summed E-state index contributed by atoms with van der Waals surface area (Å²) in [6, 6.07) is 9.06. The van der Waals surface area contributed by atoms with E-state index in [-0.39, 0.29) is 37.6 Å². The van der Waals surface area contributed by atoms with Crippen molar-refractivity contribution in [1.29, 1.82) is 5.26 Å². The normalized spacial score (nSPS) is 21.1. The van der Waals surface area contributed by atoms with Gasteiger partial charge in [0.25, 0.3) is 5.91 Å². The molecule has 198 valence electrons. The highest BCUT2D eigenvalue weighted by molar-refractivity contribution is 5.85. The number of benzene rings is 1. The highest BCUT2D eigenvalue weighted by Crippen LogP contribution is 2.39. The predicted molar refractivity (Wildman–Crippen MR) is 131 cm³/mol. The quantitative estimate of drug-likeness (QED) is 0.293. The van der Waals surface area contributed by atoms with E-state index in [1.165, 1.54) is 30.5 Å². The molecular weight excluding hydrogens is 497 g/mol. The second kappa shape index (κ2) is 10.5. The molecule has 4 N–H and O–H groups in total. The maximum absolute atomic E-state index is 13.7. The third kappa shape index (κ3) is 5.17. The fourth-order valence-electron chi connectivity index (χ4n) is 3.71. The summed E-state index contributed by atoms with van der Waals surface area (Å²) in [6.45, 7) is 4.53. The molecule has 12 nitrogen and oxygen atoms in total.